The highest BCUT2D eigenvalue weighted by Crippen LogP contribution is 2.48. The summed E-state index contributed by atoms with van der Waals surface area (Å²) in [5, 5.41) is 0. The monoisotopic (exact) mass is 922 g/mol. The molecule has 8 bridgehead atoms. The lowest BCUT2D eigenvalue weighted by Crippen LogP contribution is -1.98. The molecule has 0 amide bonds. The summed E-state index contributed by atoms with van der Waals surface area (Å²) in [5.41, 5.74) is 21.8. The Kier molecular flexibility index (Phi) is 10.7. The molecule has 0 atom stereocenters. The molecule has 8 heteroatoms. The number of nitrogens with one attached hydrogen (secondary N) is 1. The maximum Gasteiger partial charge on any atom is 0.0737 e. The average molecular weight is 923 g/mol. The van der Waals surface area contributed by atoms with Gasteiger partial charge in [0.1, 0.15) is 0 Å². The number of hydrogen-bond acceptors (Lipinski definition) is 6. The van der Waals surface area contributed by atoms with Crippen LogP contribution in [0.5, 0.6) is 0 Å². The second-order valence-corrected chi connectivity index (χ2v) is 17.7. The normalized spacial score (nSPS) is 11.8. The minimum Gasteiger partial charge on any atom is -0.355 e. The summed E-state index contributed by atoms with van der Waals surface area (Å²) in [6, 6.07) is 69.7. The van der Waals surface area contributed by atoms with Crippen molar-refractivity contribution in [2.45, 2.75) is 0 Å². The van der Waals surface area contributed by atoms with Crippen molar-refractivity contribution in [3.63, 3.8) is 0 Å². The number of H-pyrrole nitrogens is 1. The van der Waals surface area contributed by atoms with Gasteiger partial charge in [0.25, 0.3) is 0 Å². The van der Waals surface area contributed by atoms with Gasteiger partial charge in [0.05, 0.1) is 56.6 Å². The molecule has 2 aliphatic rings. The zero-order valence-corrected chi connectivity index (χ0v) is 38.8. The summed E-state index contributed by atoms with van der Waals surface area (Å²) in [5.74, 6) is 0. The first-order valence-corrected chi connectivity index (χ1v) is 23.9. The first kappa shape index (κ1) is 42.2. The number of aromatic amines is 1. The fourth-order valence-corrected chi connectivity index (χ4v) is 9.76. The van der Waals surface area contributed by atoms with Crippen LogP contribution in [0.15, 0.2) is 225 Å². The highest BCUT2D eigenvalue weighted by atomic mass is 15.0. The fraction of sp³-hybridized carbons (Fsp3) is 0. The summed E-state index contributed by atoms with van der Waals surface area (Å²) >= 11 is 0. The Labute approximate surface area is 415 Å². The van der Waals surface area contributed by atoms with Gasteiger partial charge < -0.3 is 9.55 Å². The van der Waals surface area contributed by atoms with E-state index in [2.05, 4.69) is 161 Å². The van der Waals surface area contributed by atoms with Crippen molar-refractivity contribution in [2.75, 3.05) is 0 Å². The molecule has 0 saturated heterocycles. The predicted octanol–water partition coefficient (Wildman–Crippen LogP) is 15.4. The predicted molar refractivity (Wildman–Crippen MR) is 293 cm³/mol. The molecule has 72 heavy (non-hydrogen) atoms. The van der Waals surface area contributed by atoms with Crippen LogP contribution in [0, 0.1) is 0 Å². The summed E-state index contributed by atoms with van der Waals surface area (Å²) in [7, 11) is 0. The topological polar surface area (TPSA) is 98.1 Å². The molecule has 4 aromatic carbocycles. The van der Waals surface area contributed by atoms with Gasteiger partial charge in [0, 0.05) is 80.5 Å². The molecule has 0 spiro atoms. The summed E-state index contributed by atoms with van der Waals surface area (Å²) in [6.45, 7) is 0. The average Bonchev–Trinajstić information content (AvgIpc) is 4.28. The van der Waals surface area contributed by atoms with Gasteiger partial charge >= 0.3 is 0 Å². The highest BCUT2D eigenvalue weighted by Gasteiger charge is 2.26. The van der Waals surface area contributed by atoms with Gasteiger partial charge in [0.2, 0.25) is 0 Å². The Morgan fingerprint density at radius 1 is 0.319 bits per heavy atom. The lowest BCUT2D eigenvalue weighted by atomic mass is 9.91. The van der Waals surface area contributed by atoms with Crippen LogP contribution in [0.2, 0.25) is 0 Å². The van der Waals surface area contributed by atoms with Gasteiger partial charge in [-0.1, -0.05) is 109 Å². The molecule has 0 saturated carbocycles. The van der Waals surface area contributed by atoms with Crippen molar-refractivity contribution in [3.8, 4) is 84.1 Å². The van der Waals surface area contributed by atoms with Crippen LogP contribution >= 0.6 is 0 Å². The molecule has 0 unspecified atom stereocenters. The van der Waals surface area contributed by atoms with Gasteiger partial charge in [-0.05, 0) is 132 Å². The third kappa shape index (κ3) is 8.08. The van der Waals surface area contributed by atoms with Gasteiger partial charge in [-0.3, -0.25) is 19.9 Å². The van der Waals surface area contributed by atoms with E-state index in [0.29, 0.717) is 0 Å². The Bertz CT molecular complexity index is 4010. The lowest BCUT2D eigenvalue weighted by molar-refractivity contribution is 1.17. The number of nitrogens with zero attached hydrogens (tertiary/aromatic N) is 7. The van der Waals surface area contributed by atoms with E-state index < -0.39 is 0 Å². The van der Waals surface area contributed by atoms with E-state index in [9.17, 15) is 0 Å². The summed E-state index contributed by atoms with van der Waals surface area (Å²) in [4.78, 5) is 33.2. The molecule has 2 aliphatic heterocycles. The van der Waals surface area contributed by atoms with E-state index >= 15 is 0 Å². The number of fused-ring (bicyclic) bond motifs is 8. The number of hydrogen-bond donors (Lipinski definition) is 1. The van der Waals surface area contributed by atoms with Crippen molar-refractivity contribution in [3.05, 3.63) is 248 Å². The van der Waals surface area contributed by atoms with E-state index in [4.69, 9.17) is 29.9 Å². The van der Waals surface area contributed by atoms with Crippen LogP contribution in [-0.2, 0) is 0 Å². The molecule has 8 nitrogen and oxygen atoms in total. The third-order valence-electron chi connectivity index (χ3n) is 13.2. The number of aromatic nitrogens is 8. The Balaban J connectivity index is 1.21. The van der Waals surface area contributed by atoms with Crippen molar-refractivity contribution in [2.24, 2.45) is 0 Å². The Morgan fingerprint density at radius 3 is 1.17 bits per heavy atom. The molecule has 0 aliphatic carbocycles. The quantitative estimate of drug-likeness (QED) is 0.163. The molecule has 338 valence electrons. The van der Waals surface area contributed by atoms with Crippen LogP contribution in [-0.4, -0.2) is 39.5 Å². The number of benzene rings is 4. The first-order valence-electron chi connectivity index (χ1n) is 23.9. The second-order valence-electron chi connectivity index (χ2n) is 17.7. The maximum atomic E-state index is 5.49. The molecule has 11 aromatic rings. The standard InChI is InChI=1S/C64H42N8/c1-5-35-65-55(9-1)42-13-19-46(20-14-42)61-59-34-31-52(71-59)40-51-28-27-49(69-51)39-50-29-30-53(70-50)41-60-62(47-21-15-43(16-22-47)56-10-2-6-36-66-56)63(48-23-17-44(18-24-48)57-11-3-7-37-67-57)64(61)72(60)54-32-25-45(26-33-54)58-12-4-8-38-68-58/h1-41,69H. The van der Waals surface area contributed by atoms with Crippen LogP contribution in [0.3, 0.4) is 0 Å². The molecule has 13 rings (SSSR count). The van der Waals surface area contributed by atoms with E-state index in [1.165, 1.54) is 0 Å². The van der Waals surface area contributed by atoms with Crippen LogP contribution in [0.1, 0.15) is 22.8 Å². The number of pyridine rings is 4. The molecule has 1 N–H and O–H groups in total. The van der Waals surface area contributed by atoms with Crippen LogP contribution in [0.25, 0.3) is 130 Å². The van der Waals surface area contributed by atoms with Crippen molar-refractivity contribution in [1.82, 2.24) is 39.5 Å². The number of rotatable bonds is 8. The lowest BCUT2D eigenvalue weighted by Gasteiger charge is -2.14. The van der Waals surface area contributed by atoms with E-state index in [-0.39, 0.29) is 0 Å². The molecular weight excluding hydrogens is 881 g/mol. The minimum atomic E-state index is 0.820. The highest BCUT2D eigenvalue weighted by molar-refractivity contribution is 6.11. The largest absolute Gasteiger partial charge is 0.355 e. The van der Waals surface area contributed by atoms with Crippen LogP contribution < -0.4 is 0 Å². The maximum absolute atomic E-state index is 5.49. The minimum absolute atomic E-state index is 0.820. The van der Waals surface area contributed by atoms with Crippen LogP contribution in [0.4, 0.5) is 0 Å². The smallest absolute Gasteiger partial charge is 0.0737 e. The van der Waals surface area contributed by atoms with Crippen molar-refractivity contribution in [1.29, 1.82) is 0 Å². The Morgan fingerprint density at radius 2 is 0.708 bits per heavy atom. The first-order chi connectivity index (χ1) is 35.6. The molecule has 0 fully saturated rings. The SMILES string of the molecule is C1=Cc2cc3c(-c4ccc(-c5ccccn5)cc4)c(-c4ccc(-c5ccccn5)cc4)c(c(-c4ccc(-c5ccccn5)cc4)c4nc(cc5ccc(cc1n2)[nH]5)C=C4)n3-c1ccc(-c2ccccn2)cc1. The second kappa shape index (κ2) is 18.2. The summed E-state index contributed by atoms with van der Waals surface area (Å²) in [6.07, 6.45) is 15.8. The zero-order valence-electron chi connectivity index (χ0n) is 38.8. The molecule has 9 heterocycles. The van der Waals surface area contributed by atoms with Gasteiger partial charge in [-0.15, -0.1) is 0 Å². The van der Waals surface area contributed by atoms with Gasteiger partial charge in [-0.2, -0.15) is 0 Å². The molecule has 0 radical (unpaired) electrons. The molecular formula is C64H42N8. The van der Waals surface area contributed by atoms with E-state index in [1.807, 2.05) is 97.6 Å². The van der Waals surface area contributed by atoms with E-state index in [0.717, 1.165) is 129 Å². The summed E-state index contributed by atoms with van der Waals surface area (Å²) < 4.78 is 2.41. The van der Waals surface area contributed by atoms with Crippen molar-refractivity contribution < 1.29 is 0 Å². The zero-order chi connectivity index (χ0) is 47.8. The third-order valence-corrected chi connectivity index (χ3v) is 13.2. The molecule has 7 aromatic heterocycles. The van der Waals surface area contributed by atoms with Gasteiger partial charge in [0.15, 0.2) is 0 Å². The van der Waals surface area contributed by atoms with Crippen molar-refractivity contribution >= 4 is 46.4 Å². The fourth-order valence-electron chi connectivity index (χ4n) is 9.76. The Hall–Kier alpha value is -9.92. The van der Waals surface area contributed by atoms with Gasteiger partial charge in [-0.25, -0.2) is 9.97 Å². The van der Waals surface area contributed by atoms with E-state index in [1.54, 1.807) is 0 Å².